The van der Waals surface area contributed by atoms with Crippen LogP contribution < -0.4 is 5.32 Å². The van der Waals surface area contributed by atoms with Crippen LogP contribution in [-0.2, 0) is 6.42 Å². The van der Waals surface area contributed by atoms with Crippen molar-refractivity contribution in [2.45, 2.75) is 19.3 Å². The monoisotopic (exact) mass is 412 g/mol. The van der Waals surface area contributed by atoms with Crippen LogP contribution in [0.1, 0.15) is 27.7 Å². The largest absolute Gasteiger partial charge is 0.354 e. The van der Waals surface area contributed by atoms with E-state index in [-0.39, 0.29) is 0 Å². The second-order valence-corrected chi connectivity index (χ2v) is 7.73. The van der Waals surface area contributed by atoms with E-state index in [2.05, 4.69) is 45.4 Å². The number of benzene rings is 1. The van der Waals surface area contributed by atoms with Gasteiger partial charge in [0.1, 0.15) is 10.9 Å². The SMILES string of the molecule is Cc1ccc(-c2csc(C(C#N)c3ccnc(NCCc4cccnc4)n3)n2)cc1. The van der Waals surface area contributed by atoms with Crippen LogP contribution in [0.5, 0.6) is 0 Å². The van der Waals surface area contributed by atoms with E-state index in [9.17, 15) is 5.26 Å². The maximum Gasteiger partial charge on any atom is 0.222 e. The number of rotatable bonds is 7. The molecule has 7 heteroatoms. The summed E-state index contributed by atoms with van der Waals surface area (Å²) in [6, 6.07) is 16.3. The molecule has 6 nitrogen and oxygen atoms in total. The summed E-state index contributed by atoms with van der Waals surface area (Å²) in [6.07, 6.45) is 6.09. The average Bonchev–Trinajstić information content (AvgIpc) is 3.26. The molecule has 1 unspecified atom stereocenters. The van der Waals surface area contributed by atoms with E-state index in [1.807, 2.05) is 35.8 Å². The van der Waals surface area contributed by atoms with E-state index in [4.69, 9.17) is 4.98 Å². The van der Waals surface area contributed by atoms with Gasteiger partial charge in [0.25, 0.3) is 0 Å². The Bertz CT molecular complexity index is 1150. The molecule has 1 atom stereocenters. The molecule has 1 aromatic carbocycles. The maximum atomic E-state index is 9.79. The van der Waals surface area contributed by atoms with Gasteiger partial charge >= 0.3 is 0 Å². The van der Waals surface area contributed by atoms with Crippen LogP contribution in [-0.4, -0.2) is 26.5 Å². The quantitative estimate of drug-likeness (QED) is 0.477. The smallest absolute Gasteiger partial charge is 0.222 e. The van der Waals surface area contributed by atoms with Gasteiger partial charge < -0.3 is 5.32 Å². The third-order valence-electron chi connectivity index (χ3n) is 4.64. The molecule has 0 aliphatic carbocycles. The van der Waals surface area contributed by atoms with Gasteiger partial charge in [-0.05, 0) is 31.0 Å². The normalized spacial score (nSPS) is 11.6. The molecular formula is C23H20N6S. The molecule has 0 fully saturated rings. The molecule has 30 heavy (non-hydrogen) atoms. The lowest BCUT2D eigenvalue weighted by Crippen LogP contribution is -2.10. The fourth-order valence-electron chi connectivity index (χ4n) is 3.01. The van der Waals surface area contributed by atoms with Crippen LogP contribution in [0.3, 0.4) is 0 Å². The third-order valence-corrected chi connectivity index (χ3v) is 5.55. The van der Waals surface area contributed by atoms with Gasteiger partial charge in [0.15, 0.2) is 0 Å². The number of thiazole rings is 1. The van der Waals surface area contributed by atoms with Gasteiger partial charge in [0.05, 0.1) is 17.5 Å². The highest BCUT2D eigenvalue weighted by Crippen LogP contribution is 2.30. The summed E-state index contributed by atoms with van der Waals surface area (Å²) in [7, 11) is 0. The molecule has 0 amide bonds. The zero-order valence-electron chi connectivity index (χ0n) is 16.5. The molecule has 3 heterocycles. The Hall–Kier alpha value is -3.63. The van der Waals surface area contributed by atoms with Gasteiger partial charge in [-0.15, -0.1) is 11.3 Å². The standard InChI is InChI=1S/C23H20N6S/c1-16-4-6-18(7-5-16)21-15-30-22(28-21)19(13-24)20-9-12-27-23(29-20)26-11-8-17-3-2-10-25-14-17/h2-7,9-10,12,14-15,19H,8,11H2,1H3,(H,26,27,29). The lowest BCUT2D eigenvalue weighted by molar-refractivity contribution is 0.913. The summed E-state index contributed by atoms with van der Waals surface area (Å²) in [5.41, 5.74) is 4.90. The van der Waals surface area contributed by atoms with Crippen molar-refractivity contribution in [1.82, 2.24) is 19.9 Å². The van der Waals surface area contributed by atoms with Gasteiger partial charge in [-0.25, -0.2) is 15.0 Å². The van der Waals surface area contributed by atoms with Crippen LogP contribution in [0, 0.1) is 18.3 Å². The van der Waals surface area contributed by atoms with E-state index in [0.717, 1.165) is 28.2 Å². The highest BCUT2D eigenvalue weighted by Gasteiger charge is 2.20. The second kappa shape index (κ2) is 9.25. The number of aromatic nitrogens is 4. The minimum atomic E-state index is -0.531. The first-order chi connectivity index (χ1) is 14.7. The molecule has 0 radical (unpaired) electrons. The third kappa shape index (κ3) is 4.67. The first kappa shape index (κ1) is 19.7. The Morgan fingerprint density at radius 1 is 1.10 bits per heavy atom. The van der Waals surface area contributed by atoms with Crippen molar-refractivity contribution in [2.75, 3.05) is 11.9 Å². The zero-order chi connectivity index (χ0) is 20.8. The lowest BCUT2D eigenvalue weighted by atomic mass is 10.1. The van der Waals surface area contributed by atoms with Gasteiger partial charge in [0.2, 0.25) is 5.95 Å². The Labute approximate surface area is 179 Å². The molecule has 0 aliphatic heterocycles. The predicted octanol–water partition coefficient (Wildman–Crippen LogP) is 4.61. The van der Waals surface area contributed by atoms with E-state index >= 15 is 0 Å². The minimum absolute atomic E-state index is 0.506. The Kier molecular flexibility index (Phi) is 6.06. The van der Waals surface area contributed by atoms with Gasteiger partial charge in [-0.3, -0.25) is 4.98 Å². The fourth-order valence-corrected chi connectivity index (χ4v) is 3.89. The highest BCUT2D eigenvalue weighted by atomic mass is 32.1. The number of anilines is 1. The Morgan fingerprint density at radius 3 is 2.73 bits per heavy atom. The molecule has 148 valence electrons. The van der Waals surface area contributed by atoms with Crippen molar-refractivity contribution in [2.24, 2.45) is 0 Å². The van der Waals surface area contributed by atoms with Crippen molar-refractivity contribution in [3.63, 3.8) is 0 Å². The van der Waals surface area contributed by atoms with Gasteiger partial charge in [-0.1, -0.05) is 35.9 Å². The lowest BCUT2D eigenvalue weighted by Gasteiger charge is -2.09. The molecule has 0 bridgehead atoms. The number of hydrogen-bond acceptors (Lipinski definition) is 7. The number of aryl methyl sites for hydroxylation is 1. The van der Waals surface area contributed by atoms with Crippen LogP contribution >= 0.6 is 11.3 Å². The van der Waals surface area contributed by atoms with Crippen molar-refractivity contribution in [1.29, 1.82) is 5.26 Å². The minimum Gasteiger partial charge on any atom is -0.354 e. The summed E-state index contributed by atoms with van der Waals surface area (Å²) in [6.45, 7) is 2.74. The predicted molar refractivity (Wildman–Crippen MR) is 118 cm³/mol. The Balaban J connectivity index is 1.48. The van der Waals surface area contributed by atoms with Crippen molar-refractivity contribution in [3.8, 4) is 17.3 Å². The van der Waals surface area contributed by atoms with Crippen LogP contribution in [0.4, 0.5) is 5.95 Å². The van der Waals surface area contributed by atoms with E-state index < -0.39 is 5.92 Å². The molecule has 3 aromatic heterocycles. The summed E-state index contributed by atoms with van der Waals surface area (Å²) in [5, 5.41) is 15.7. The van der Waals surface area contributed by atoms with Crippen LogP contribution in [0.25, 0.3) is 11.3 Å². The van der Waals surface area contributed by atoms with Crippen molar-refractivity contribution < 1.29 is 0 Å². The summed E-state index contributed by atoms with van der Waals surface area (Å²) < 4.78 is 0. The summed E-state index contributed by atoms with van der Waals surface area (Å²) >= 11 is 1.48. The van der Waals surface area contributed by atoms with Crippen molar-refractivity contribution >= 4 is 17.3 Å². The first-order valence-corrected chi connectivity index (χ1v) is 10.5. The number of hydrogen-bond donors (Lipinski definition) is 1. The van der Waals surface area contributed by atoms with Gasteiger partial charge in [-0.2, -0.15) is 5.26 Å². The molecule has 1 N–H and O–H groups in total. The molecule has 4 rings (SSSR count). The highest BCUT2D eigenvalue weighted by molar-refractivity contribution is 7.10. The molecule has 0 saturated carbocycles. The molecule has 0 saturated heterocycles. The van der Waals surface area contributed by atoms with Crippen LogP contribution in [0.15, 0.2) is 66.4 Å². The number of nitrogens with zero attached hydrogens (tertiary/aromatic N) is 5. The zero-order valence-corrected chi connectivity index (χ0v) is 17.3. The molecule has 4 aromatic rings. The van der Waals surface area contributed by atoms with Crippen molar-refractivity contribution in [3.05, 3.63) is 88.3 Å². The average molecular weight is 413 g/mol. The van der Waals surface area contributed by atoms with E-state index in [1.165, 1.54) is 16.9 Å². The Morgan fingerprint density at radius 2 is 1.97 bits per heavy atom. The summed E-state index contributed by atoms with van der Waals surface area (Å²) in [5.74, 6) is -0.0250. The first-order valence-electron chi connectivity index (χ1n) is 9.61. The number of pyridine rings is 1. The molecular weight excluding hydrogens is 392 g/mol. The maximum absolute atomic E-state index is 9.79. The van der Waals surface area contributed by atoms with Gasteiger partial charge in [0, 0.05) is 36.1 Å². The number of nitrogens with one attached hydrogen (secondary N) is 1. The second-order valence-electron chi connectivity index (χ2n) is 6.84. The fraction of sp³-hybridized carbons (Fsp3) is 0.174. The van der Waals surface area contributed by atoms with E-state index in [0.29, 0.717) is 18.2 Å². The molecule has 0 spiro atoms. The summed E-state index contributed by atoms with van der Waals surface area (Å²) in [4.78, 5) is 17.6. The van der Waals surface area contributed by atoms with Crippen LogP contribution in [0.2, 0.25) is 0 Å². The molecule has 0 aliphatic rings. The van der Waals surface area contributed by atoms with E-state index in [1.54, 1.807) is 18.5 Å². The topological polar surface area (TPSA) is 87.4 Å². The number of nitriles is 1.